The van der Waals surface area contributed by atoms with Gasteiger partial charge in [0.2, 0.25) is 0 Å². The molecule has 3 N–H and O–H groups in total. The number of pyridine rings is 1. The minimum Gasteiger partial charge on any atom is -0.385 e. The number of piperidine rings is 1. The van der Waals surface area contributed by atoms with Crippen molar-refractivity contribution in [2.75, 3.05) is 18.8 Å². The molecule has 0 radical (unpaired) electrons. The van der Waals surface area contributed by atoms with Crippen LogP contribution in [0.15, 0.2) is 18.2 Å². The third kappa shape index (κ3) is 2.06. The monoisotopic (exact) mass is 264 g/mol. The number of hydrogen-bond acceptors (Lipinski definition) is 3. The zero-order chi connectivity index (χ0) is 12.5. The van der Waals surface area contributed by atoms with Crippen LogP contribution in [0, 0.1) is 5.92 Å². The minimum absolute atomic E-state index is 0.543. The van der Waals surface area contributed by atoms with Crippen molar-refractivity contribution in [3.63, 3.8) is 0 Å². The minimum atomic E-state index is 0.543. The number of nitrogen functional groups attached to an aromatic ring is 1. The van der Waals surface area contributed by atoms with E-state index in [1.54, 1.807) is 0 Å². The van der Waals surface area contributed by atoms with Gasteiger partial charge in [-0.1, -0.05) is 17.7 Å². The van der Waals surface area contributed by atoms with Gasteiger partial charge in [0.1, 0.15) is 11.6 Å². The van der Waals surface area contributed by atoms with E-state index in [-0.39, 0.29) is 0 Å². The zero-order valence-electron chi connectivity index (χ0n) is 10.2. The van der Waals surface area contributed by atoms with Gasteiger partial charge in [0.25, 0.3) is 0 Å². The Balaban J connectivity index is 1.96. The molecule has 0 aromatic carbocycles. The number of fused-ring (bicyclic) bond motifs is 1. The Morgan fingerprint density at radius 2 is 2.39 bits per heavy atom. The third-order valence-corrected chi connectivity index (χ3v) is 3.87. The maximum Gasteiger partial charge on any atom is 0.155 e. The summed E-state index contributed by atoms with van der Waals surface area (Å²) in [4.78, 5) is 4.47. The standard InChI is InChI=1S/C13H17ClN4/c14-13-10-4-1-5-11(15)18(10)12(17-13)7-9-3-2-6-16-8-9/h1,4-5,9,16H,2-3,6-8,15H2. The summed E-state index contributed by atoms with van der Waals surface area (Å²) in [6.45, 7) is 2.18. The summed E-state index contributed by atoms with van der Waals surface area (Å²) >= 11 is 6.16. The first-order valence-electron chi connectivity index (χ1n) is 6.38. The first-order chi connectivity index (χ1) is 8.75. The van der Waals surface area contributed by atoms with E-state index in [9.17, 15) is 0 Å². The molecule has 5 heteroatoms. The number of aromatic nitrogens is 2. The predicted molar refractivity (Wildman–Crippen MR) is 73.9 cm³/mol. The number of rotatable bonds is 2. The van der Waals surface area contributed by atoms with E-state index >= 15 is 0 Å². The van der Waals surface area contributed by atoms with Crippen LogP contribution < -0.4 is 11.1 Å². The van der Waals surface area contributed by atoms with Gasteiger partial charge in [-0.2, -0.15) is 0 Å². The van der Waals surface area contributed by atoms with Crippen molar-refractivity contribution in [2.45, 2.75) is 19.3 Å². The van der Waals surface area contributed by atoms with Crippen LogP contribution in [0.3, 0.4) is 0 Å². The quantitative estimate of drug-likeness (QED) is 0.874. The molecular weight excluding hydrogens is 248 g/mol. The van der Waals surface area contributed by atoms with Gasteiger partial charge in [-0.05, 0) is 44.0 Å². The van der Waals surface area contributed by atoms with Gasteiger partial charge in [-0.15, -0.1) is 0 Å². The molecule has 0 spiro atoms. The smallest absolute Gasteiger partial charge is 0.155 e. The average Bonchev–Trinajstić information content (AvgIpc) is 2.69. The summed E-state index contributed by atoms with van der Waals surface area (Å²) in [5.74, 6) is 2.30. The second kappa shape index (κ2) is 4.78. The van der Waals surface area contributed by atoms with Crippen LogP contribution in [-0.4, -0.2) is 22.5 Å². The number of hydrogen-bond donors (Lipinski definition) is 2. The Bertz CT molecular complexity index is 557. The fourth-order valence-electron chi connectivity index (χ4n) is 2.69. The molecule has 18 heavy (non-hydrogen) atoms. The molecule has 0 amide bonds. The summed E-state index contributed by atoms with van der Waals surface area (Å²) in [6, 6.07) is 5.74. The van der Waals surface area contributed by atoms with Crippen LogP contribution in [-0.2, 0) is 6.42 Å². The molecule has 1 atom stereocenters. The van der Waals surface area contributed by atoms with Crippen molar-refractivity contribution >= 4 is 22.9 Å². The summed E-state index contributed by atoms with van der Waals surface area (Å²) in [5.41, 5.74) is 6.92. The molecule has 1 saturated heterocycles. The summed E-state index contributed by atoms with van der Waals surface area (Å²) in [6.07, 6.45) is 3.40. The second-order valence-electron chi connectivity index (χ2n) is 4.91. The third-order valence-electron chi connectivity index (χ3n) is 3.59. The lowest BCUT2D eigenvalue weighted by molar-refractivity contribution is 0.370. The van der Waals surface area contributed by atoms with Crippen LogP contribution >= 0.6 is 11.6 Å². The van der Waals surface area contributed by atoms with Crippen molar-refractivity contribution in [1.29, 1.82) is 0 Å². The van der Waals surface area contributed by atoms with Gasteiger partial charge in [0.05, 0.1) is 5.52 Å². The lowest BCUT2D eigenvalue weighted by Gasteiger charge is -2.22. The highest BCUT2D eigenvalue weighted by Crippen LogP contribution is 2.24. The van der Waals surface area contributed by atoms with Gasteiger partial charge in [-0.3, -0.25) is 4.40 Å². The largest absolute Gasteiger partial charge is 0.385 e. The second-order valence-corrected chi connectivity index (χ2v) is 5.26. The molecule has 1 aliphatic rings. The molecule has 0 saturated carbocycles. The number of imidazole rings is 1. The van der Waals surface area contributed by atoms with Crippen molar-refractivity contribution < 1.29 is 0 Å². The van der Waals surface area contributed by atoms with Crippen molar-refractivity contribution in [3.8, 4) is 0 Å². The number of nitrogens with one attached hydrogen (secondary N) is 1. The maximum absolute atomic E-state index is 6.16. The first-order valence-corrected chi connectivity index (χ1v) is 6.75. The van der Waals surface area contributed by atoms with Crippen LogP contribution in [0.25, 0.3) is 5.52 Å². The topological polar surface area (TPSA) is 55.3 Å². The molecule has 0 aliphatic carbocycles. The van der Waals surface area contributed by atoms with Crippen LogP contribution in [0.1, 0.15) is 18.7 Å². The Kier molecular flexibility index (Phi) is 3.14. The van der Waals surface area contributed by atoms with Gasteiger partial charge in [-0.25, -0.2) is 4.98 Å². The first kappa shape index (κ1) is 11.8. The highest BCUT2D eigenvalue weighted by molar-refractivity contribution is 6.32. The molecule has 96 valence electrons. The van der Waals surface area contributed by atoms with E-state index < -0.39 is 0 Å². The van der Waals surface area contributed by atoms with E-state index in [4.69, 9.17) is 17.3 Å². The molecule has 4 nitrogen and oxygen atoms in total. The summed E-state index contributed by atoms with van der Waals surface area (Å²) < 4.78 is 1.97. The summed E-state index contributed by atoms with van der Waals surface area (Å²) in [7, 11) is 0. The normalized spacial score (nSPS) is 20.4. The van der Waals surface area contributed by atoms with E-state index in [1.165, 1.54) is 12.8 Å². The molecule has 1 unspecified atom stereocenters. The predicted octanol–water partition coefficient (Wildman–Crippen LogP) is 2.11. The maximum atomic E-state index is 6.16. The van der Waals surface area contributed by atoms with Crippen LogP contribution in [0.5, 0.6) is 0 Å². The van der Waals surface area contributed by atoms with Crippen LogP contribution in [0.4, 0.5) is 5.82 Å². The Morgan fingerprint density at radius 3 is 3.17 bits per heavy atom. The Morgan fingerprint density at radius 1 is 1.50 bits per heavy atom. The zero-order valence-corrected chi connectivity index (χ0v) is 11.0. The highest BCUT2D eigenvalue weighted by Gasteiger charge is 2.18. The number of halogens is 1. The molecule has 2 aromatic rings. The van der Waals surface area contributed by atoms with Crippen molar-refractivity contribution in [1.82, 2.24) is 14.7 Å². The van der Waals surface area contributed by atoms with E-state index in [2.05, 4.69) is 10.3 Å². The van der Waals surface area contributed by atoms with E-state index in [0.717, 1.165) is 30.9 Å². The van der Waals surface area contributed by atoms with Crippen molar-refractivity contribution in [3.05, 3.63) is 29.2 Å². The average molecular weight is 265 g/mol. The number of nitrogens with zero attached hydrogens (tertiary/aromatic N) is 2. The van der Waals surface area contributed by atoms with Crippen molar-refractivity contribution in [2.24, 2.45) is 5.92 Å². The van der Waals surface area contributed by atoms with E-state index in [1.807, 2.05) is 22.6 Å². The molecule has 3 heterocycles. The lowest BCUT2D eigenvalue weighted by Crippen LogP contribution is -2.31. The van der Waals surface area contributed by atoms with Gasteiger partial charge < -0.3 is 11.1 Å². The van der Waals surface area contributed by atoms with E-state index in [0.29, 0.717) is 16.9 Å². The Labute approximate surface area is 111 Å². The molecule has 1 fully saturated rings. The van der Waals surface area contributed by atoms with Crippen LogP contribution in [0.2, 0.25) is 5.15 Å². The number of nitrogens with two attached hydrogens (primary N) is 1. The van der Waals surface area contributed by atoms with Gasteiger partial charge in [0, 0.05) is 6.42 Å². The molecule has 2 aromatic heterocycles. The molecular formula is C13H17ClN4. The van der Waals surface area contributed by atoms with Gasteiger partial charge >= 0.3 is 0 Å². The molecule has 3 rings (SSSR count). The fraction of sp³-hybridized carbons (Fsp3) is 0.462. The SMILES string of the molecule is Nc1cccc2c(Cl)nc(CC3CCCNC3)n12. The molecule has 0 bridgehead atoms. The summed E-state index contributed by atoms with van der Waals surface area (Å²) in [5, 5.41) is 3.97. The fourth-order valence-corrected chi connectivity index (χ4v) is 2.93. The Hall–Kier alpha value is -1.26. The van der Waals surface area contributed by atoms with Gasteiger partial charge in [0.15, 0.2) is 5.15 Å². The lowest BCUT2D eigenvalue weighted by atomic mass is 9.96. The number of anilines is 1. The molecule has 1 aliphatic heterocycles. The highest BCUT2D eigenvalue weighted by atomic mass is 35.5.